The molecule has 3 heterocycles. The largest absolute Gasteiger partial charge is 0.436 e. The van der Waals surface area contributed by atoms with Crippen molar-refractivity contribution in [2.75, 3.05) is 37.9 Å². The Labute approximate surface area is 329 Å². The molecular formula is C43H43N5O9. The van der Waals surface area contributed by atoms with Crippen molar-refractivity contribution >= 4 is 35.0 Å². The Morgan fingerprint density at radius 2 is 1.07 bits per heavy atom. The van der Waals surface area contributed by atoms with E-state index in [4.69, 9.17) is 13.9 Å². The molecule has 6 atom stereocenters. The molecule has 2 saturated heterocycles. The second kappa shape index (κ2) is 17.3. The number of benzene rings is 4. The van der Waals surface area contributed by atoms with Crippen molar-refractivity contribution in [1.29, 1.82) is 0 Å². The van der Waals surface area contributed by atoms with Gasteiger partial charge in [-0.2, -0.15) is 0 Å². The molecule has 2 fully saturated rings. The van der Waals surface area contributed by atoms with Gasteiger partial charge in [-0.3, -0.25) is 19.2 Å². The molecule has 4 N–H and O–H groups in total. The fourth-order valence-electron chi connectivity index (χ4n) is 7.20. The van der Waals surface area contributed by atoms with Crippen LogP contribution in [0.5, 0.6) is 0 Å². The SMILES string of the molecule is COC1CC(C(=O)Nc2ccc(-c3cnc(-c4ccc(NC(=O)C5CC(OC)CN5C(=O)[C@H](O)c5ccccc5)cc4)o3)cc2)N(C(=O)[C@H](O)c2ccccc2)C1. The minimum atomic E-state index is -1.40. The summed E-state index contributed by atoms with van der Waals surface area (Å²) in [5.74, 6) is -1.09. The van der Waals surface area contributed by atoms with Gasteiger partial charge in [0.15, 0.2) is 18.0 Å². The number of aromatic nitrogens is 1. The van der Waals surface area contributed by atoms with Crippen molar-refractivity contribution in [1.82, 2.24) is 14.8 Å². The number of aliphatic hydroxyl groups is 2. The second-order valence-corrected chi connectivity index (χ2v) is 14.0. The maximum Gasteiger partial charge on any atom is 0.256 e. The second-order valence-electron chi connectivity index (χ2n) is 14.0. The normalized spacial score (nSPS) is 20.2. The van der Waals surface area contributed by atoms with Gasteiger partial charge in [0.2, 0.25) is 17.7 Å². The number of nitrogens with one attached hydrogen (secondary N) is 2. The fourth-order valence-corrected chi connectivity index (χ4v) is 7.20. The Balaban J connectivity index is 0.962. The summed E-state index contributed by atoms with van der Waals surface area (Å²) in [5.41, 5.74) is 3.27. The van der Waals surface area contributed by atoms with Crippen LogP contribution in [0.2, 0.25) is 0 Å². The Kier molecular flexibility index (Phi) is 11.9. The molecule has 5 aromatic rings. The van der Waals surface area contributed by atoms with Crippen molar-refractivity contribution in [2.45, 2.75) is 49.3 Å². The summed E-state index contributed by atoms with van der Waals surface area (Å²) < 4.78 is 17.0. The average molecular weight is 774 g/mol. The van der Waals surface area contributed by atoms with Gasteiger partial charge in [0.25, 0.3) is 11.8 Å². The summed E-state index contributed by atoms with van der Waals surface area (Å²) in [5, 5.41) is 27.3. The van der Waals surface area contributed by atoms with Gasteiger partial charge in [0.1, 0.15) is 12.1 Å². The summed E-state index contributed by atoms with van der Waals surface area (Å²) in [6, 6.07) is 29.4. The van der Waals surface area contributed by atoms with E-state index in [1.165, 1.54) is 24.0 Å². The van der Waals surface area contributed by atoms with Crippen molar-refractivity contribution < 1.29 is 43.3 Å². The number of amides is 4. The van der Waals surface area contributed by atoms with Crippen LogP contribution in [0.1, 0.15) is 36.2 Å². The molecule has 14 heteroatoms. The van der Waals surface area contributed by atoms with Crippen molar-refractivity contribution in [3.63, 3.8) is 0 Å². The van der Waals surface area contributed by atoms with E-state index < -0.39 is 47.9 Å². The maximum absolute atomic E-state index is 13.4. The van der Waals surface area contributed by atoms with Crippen LogP contribution >= 0.6 is 0 Å². The molecule has 0 aliphatic carbocycles. The first-order chi connectivity index (χ1) is 27.6. The van der Waals surface area contributed by atoms with Gasteiger partial charge in [-0.1, -0.05) is 60.7 Å². The van der Waals surface area contributed by atoms with E-state index >= 15 is 0 Å². The lowest BCUT2D eigenvalue weighted by Gasteiger charge is -2.26. The highest BCUT2D eigenvalue weighted by Gasteiger charge is 2.43. The summed E-state index contributed by atoms with van der Waals surface area (Å²) >= 11 is 0. The number of oxazole rings is 1. The maximum atomic E-state index is 13.4. The number of likely N-dealkylation sites (tertiary alicyclic amines) is 2. The lowest BCUT2D eigenvalue weighted by molar-refractivity contribution is -0.144. The number of methoxy groups -OCH3 is 2. The number of carbonyl (C=O) groups is 4. The third kappa shape index (κ3) is 8.64. The van der Waals surface area contributed by atoms with Crippen LogP contribution in [0.15, 0.2) is 120 Å². The molecule has 0 spiro atoms. The monoisotopic (exact) mass is 773 g/mol. The number of nitrogens with zero attached hydrogens (tertiary/aromatic N) is 3. The molecule has 4 amide bonds. The molecule has 2 aliphatic rings. The van der Waals surface area contributed by atoms with Crippen LogP contribution < -0.4 is 10.6 Å². The van der Waals surface area contributed by atoms with Gasteiger partial charge in [-0.15, -0.1) is 0 Å². The molecule has 2 aliphatic heterocycles. The lowest BCUT2D eigenvalue weighted by Crippen LogP contribution is -2.45. The summed E-state index contributed by atoms with van der Waals surface area (Å²) in [4.78, 5) is 60.6. The van der Waals surface area contributed by atoms with Crippen molar-refractivity contribution in [3.8, 4) is 22.8 Å². The first-order valence-electron chi connectivity index (χ1n) is 18.5. The highest BCUT2D eigenvalue weighted by atomic mass is 16.5. The van der Waals surface area contributed by atoms with Crippen LogP contribution in [0, 0.1) is 0 Å². The van der Waals surface area contributed by atoms with E-state index in [0.29, 0.717) is 45.3 Å². The van der Waals surface area contributed by atoms with Gasteiger partial charge in [0, 0.05) is 62.7 Å². The summed E-state index contributed by atoms with van der Waals surface area (Å²) in [7, 11) is 3.05. The van der Waals surface area contributed by atoms with Crippen LogP contribution in [0.25, 0.3) is 22.8 Å². The highest BCUT2D eigenvalue weighted by molar-refractivity contribution is 5.99. The molecule has 4 unspecified atom stereocenters. The Hall–Kier alpha value is -6.19. The van der Waals surface area contributed by atoms with Gasteiger partial charge in [-0.25, -0.2) is 4.98 Å². The van der Waals surface area contributed by atoms with Crippen LogP contribution in [-0.2, 0) is 28.7 Å². The van der Waals surface area contributed by atoms with E-state index in [0.717, 1.165) is 0 Å². The van der Waals surface area contributed by atoms with E-state index in [2.05, 4.69) is 15.6 Å². The van der Waals surface area contributed by atoms with Crippen LogP contribution in [-0.4, -0.2) is 100 Å². The number of aliphatic hydroxyl groups excluding tert-OH is 2. The van der Waals surface area contributed by atoms with Gasteiger partial charge < -0.3 is 44.5 Å². The zero-order valence-corrected chi connectivity index (χ0v) is 31.4. The average Bonchev–Trinajstić information content (AvgIpc) is 4.03. The molecule has 7 rings (SSSR count). The first-order valence-corrected chi connectivity index (χ1v) is 18.5. The molecule has 294 valence electrons. The molecular weight excluding hydrogens is 730 g/mol. The number of rotatable bonds is 12. The van der Waals surface area contributed by atoms with E-state index in [9.17, 15) is 29.4 Å². The number of ether oxygens (including phenoxy) is 2. The van der Waals surface area contributed by atoms with Crippen molar-refractivity contribution in [3.05, 3.63) is 127 Å². The van der Waals surface area contributed by atoms with E-state index in [1.807, 2.05) is 0 Å². The van der Waals surface area contributed by atoms with Crippen LogP contribution in [0.4, 0.5) is 11.4 Å². The minimum absolute atomic E-state index is 0.179. The zero-order chi connectivity index (χ0) is 40.1. The minimum Gasteiger partial charge on any atom is -0.436 e. The topological polar surface area (TPSA) is 184 Å². The van der Waals surface area contributed by atoms with E-state index in [1.54, 1.807) is 115 Å². The fraction of sp³-hybridized carbons (Fsp3) is 0.279. The molecule has 1 aromatic heterocycles. The molecule has 4 aromatic carbocycles. The van der Waals surface area contributed by atoms with Gasteiger partial charge >= 0.3 is 0 Å². The quantitative estimate of drug-likeness (QED) is 0.140. The number of carbonyl (C=O) groups excluding carboxylic acids is 4. The summed E-state index contributed by atoms with van der Waals surface area (Å²) in [6.45, 7) is 0.359. The molecule has 57 heavy (non-hydrogen) atoms. The van der Waals surface area contributed by atoms with E-state index in [-0.39, 0.29) is 38.1 Å². The van der Waals surface area contributed by atoms with Gasteiger partial charge in [-0.05, 0) is 59.7 Å². The molecule has 0 saturated carbocycles. The standard InChI is InChI=1S/C43H43N5O9/c1-55-32-21-34(47(24-32)42(53)37(49)27-9-5-3-6-10-27)39(51)45-30-17-13-26(14-18-30)36-23-44-41(57-36)29-15-19-31(20-16-29)46-40(52)35-22-33(56-2)25-48(35)43(54)38(50)28-11-7-4-8-12-28/h3-20,23,32-35,37-38,49-50H,21-22,24-25H2,1-2H3,(H,45,51)(H,46,52)/t32?,33?,34?,35?,37-,38-/m1/s1. The lowest BCUT2D eigenvalue weighted by atomic mass is 10.1. The van der Waals surface area contributed by atoms with Crippen molar-refractivity contribution in [2.24, 2.45) is 0 Å². The predicted molar refractivity (Wildman–Crippen MR) is 209 cm³/mol. The Morgan fingerprint density at radius 1 is 0.649 bits per heavy atom. The third-order valence-corrected chi connectivity index (χ3v) is 10.4. The van der Waals surface area contributed by atoms with Gasteiger partial charge in [0.05, 0.1) is 18.4 Å². The summed E-state index contributed by atoms with van der Waals surface area (Å²) in [6.07, 6.45) is -1.35. The molecule has 14 nitrogen and oxygen atoms in total. The number of hydrogen-bond acceptors (Lipinski definition) is 10. The predicted octanol–water partition coefficient (Wildman–Crippen LogP) is 4.58. The number of anilines is 2. The smallest absolute Gasteiger partial charge is 0.256 e. The number of hydrogen-bond donors (Lipinski definition) is 4. The molecule has 0 radical (unpaired) electrons. The first kappa shape index (κ1) is 39.1. The highest BCUT2D eigenvalue weighted by Crippen LogP contribution is 2.31. The Bertz CT molecular complexity index is 2030. The zero-order valence-electron chi connectivity index (χ0n) is 31.4. The van der Waals surface area contributed by atoms with Crippen LogP contribution in [0.3, 0.4) is 0 Å². The Morgan fingerprint density at radius 3 is 1.49 bits per heavy atom. The third-order valence-electron chi connectivity index (χ3n) is 10.4. The molecule has 0 bridgehead atoms.